The lowest BCUT2D eigenvalue weighted by atomic mass is 10.1. The highest BCUT2D eigenvalue weighted by Crippen LogP contribution is 2.13. The Morgan fingerprint density at radius 3 is 2.83 bits per heavy atom. The van der Waals surface area contributed by atoms with Crippen LogP contribution in [-0.4, -0.2) is 20.9 Å². The molecule has 0 saturated carbocycles. The SMILES string of the molecule is Cc1cc(C(=O)O)nn1CCc1cccc(Br)c1. The van der Waals surface area contributed by atoms with E-state index in [2.05, 4.69) is 27.1 Å². The number of benzene rings is 1. The molecule has 0 spiro atoms. The Morgan fingerprint density at radius 2 is 2.22 bits per heavy atom. The van der Waals surface area contributed by atoms with Gasteiger partial charge < -0.3 is 5.11 Å². The summed E-state index contributed by atoms with van der Waals surface area (Å²) in [7, 11) is 0. The van der Waals surface area contributed by atoms with Crippen molar-refractivity contribution in [2.45, 2.75) is 19.9 Å². The van der Waals surface area contributed by atoms with Crippen LogP contribution in [0.25, 0.3) is 0 Å². The lowest BCUT2D eigenvalue weighted by Crippen LogP contribution is -2.06. The molecule has 0 saturated heterocycles. The summed E-state index contributed by atoms with van der Waals surface area (Å²) < 4.78 is 2.77. The first-order valence-electron chi connectivity index (χ1n) is 5.58. The molecule has 0 unspecified atom stereocenters. The molecule has 1 aromatic carbocycles. The molecule has 1 aromatic heterocycles. The van der Waals surface area contributed by atoms with Crippen molar-refractivity contribution >= 4 is 21.9 Å². The molecule has 0 bridgehead atoms. The third-order valence-corrected chi connectivity index (χ3v) is 3.19. The van der Waals surface area contributed by atoms with Gasteiger partial charge in [-0.2, -0.15) is 5.10 Å². The van der Waals surface area contributed by atoms with Gasteiger partial charge in [0.2, 0.25) is 0 Å². The quantitative estimate of drug-likeness (QED) is 0.945. The molecule has 0 fully saturated rings. The third kappa shape index (κ3) is 2.98. The molecule has 0 aliphatic rings. The summed E-state index contributed by atoms with van der Waals surface area (Å²) in [6, 6.07) is 9.64. The Balaban J connectivity index is 2.08. The summed E-state index contributed by atoms with van der Waals surface area (Å²) >= 11 is 3.43. The predicted octanol–water partition coefficient (Wildman–Crippen LogP) is 2.89. The Kier molecular flexibility index (Phi) is 3.81. The number of aryl methyl sites for hydroxylation is 3. The number of hydrogen-bond acceptors (Lipinski definition) is 2. The Hall–Kier alpha value is -1.62. The Morgan fingerprint density at radius 1 is 1.44 bits per heavy atom. The molecule has 0 atom stereocenters. The van der Waals surface area contributed by atoms with Crippen LogP contribution < -0.4 is 0 Å². The van der Waals surface area contributed by atoms with Crippen LogP contribution in [0, 0.1) is 6.92 Å². The van der Waals surface area contributed by atoms with Crippen molar-refractivity contribution in [3.05, 3.63) is 51.8 Å². The minimum absolute atomic E-state index is 0.0988. The molecule has 0 amide bonds. The Labute approximate surface area is 113 Å². The number of aromatic nitrogens is 2. The summed E-state index contributed by atoms with van der Waals surface area (Å²) in [5.74, 6) is -0.987. The van der Waals surface area contributed by atoms with Crippen LogP contribution in [-0.2, 0) is 13.0 Å². The highest BCUT2D eigenvalue weighted by Gasteiger charge is 2.10. The summed E-state index contributed by atoms with van der Waals surface area (Å²) in [5, 5.41) is 12.9. The minimum Gasteiger partial charge on any atom is -0.476 e. The zero-order valence-corrected chi connectivity index (χ0v) is 11.5. The predicted molar refractivity (Wildman–Crippen MR) is 71.8 cm³/mol. The smallest absolute Gasteiger partial charge is 0.356 e. The summed E-state index contributed by atoms with van der Waals surface area (Å²) in [6.07, 6.45) is 0.820. The number of nitrogens with zero attached hydrogens (tertiary/aromatic N) is 2. The van der Waals surface area contributed by atoms with E-state index in [1.807, 2.05) is 25.1 Å². The van der Waals surface area contributed by atoms with Gasteiger partial charge >= 0.3 is 5.97 Å². The number of rotatable bonds is 4. The van der Waals surface area contributed by atoms with Gasteiger partial charge in [0.25, 0.3) is 0 Å². The number of carboxylic acids is 1. The molecule has 4 nitrogen and oxygen atoms in total. The van der Waals surface area contributed by atoms with E-state index < -0.39 is 5.97 Å². The molecule has 0 aliphatic carbocycles. The molecule has 0 aliphatic heterocycles. The summed E-state index contributed by atoms with van der Waals surface area (Å²) in [4.78, 5) is 10.8. The fourth-order valence-corrected chi connectivity index (χ4v) is 2.22. The second-order valence-corrected chi connectivity index (χ2v) is 4.99. The van der Waals surface area contributed by atoms with Crippen LogP contribution in [0.1, 0.15) is 21.7 Å². The van der Waals surface area contributed by atoms with Crippen LogP contribution >= 0.6 is 15.9 Å². The van der Waals surface area contributed by atoms with Crippen molar-refractivity contribution in [1.29, 1.82) is 0 Å². The number of carbonyl (C=O) groups is 1. The largest absolute Gasteiger partial charge is 0.476 e. The van der Waals surface area contributed by atoms with Gasteiger partial charge in [-0.3, -0.25) is 4.68 Å². The van der Waals surface area contributed by atoms with Gasteiger partial charge in [-0.1, -0.05) is 28.1 Å². The number of halogens is 1. The van der Waals surface area contributed by atoms with Crippen molar-refractivity contribution in [2.75, 3.05) is 0 Å². The average molecular weight is 309 g/mol. The second kappa shape index (κ2) is 5.35. The van der Waals surface area contributed by atoms with Crippen molar-refractivity contribution < 1.29 is 9.90 Å². The van der Waals surface area contributed by atoms with Crippen molar-refractivity contribution in [3.63, 3.8) is 0 Å². The van der Waals surface area contributed by atoms with Gasteiger partial charge in [0.05, 0.1) is 0 Å². The number of aromatic carboxylic acids is 1. The minimum atomic E-state index is -0.987. The van der Waals surface area contributed by atoms with Crippen molar-refractivity contribution in [3.8, 4) is 0 Å². The van der Waals surface area contributed by atoms with E-state index in [1.165, 1.54) is 5.56 Å². The first-order valence-corrected chi connectivity index (χ1v) is 6.38. The van der Waals surface area contributed by atoms with Gasteiger partial charge in [0.15, 0.2) is 5.69 Å². The zero-order valence-electron chi connectivity index (χ0n) is 9.93. The molecular weight excluding hydrogens is 296 g/mol. The first-order chi connectivity index (χ1) is 8.56. The molecule has 2 rings (SSSR count). The van der Waals surface area contributed by atoms with E-state index in [9.17, 15) is 4.79 Å². The van der Waals surface area contributed by atoms with E-state index in [1.54, 1.807) is 10.7 Å². The van der Waals surface area contributed by atoms with Crippen molar-refractivity contribution in [2.24, 2.45) is 0 Å². The maximum Gasteiger partial charge on any atom is 0.356 e. The highest BCUT2D eigenvalue weighted by molar-refractivity contribution is 9.10. The van der Waals surface area contributed by atoms with E-state index in [-0.39, 0.29) is 5.69 Å². The molecule has 94 valence electrons. The zero-order chi connectivity index (χ0) is 13.1. The second-order valence-electron chi connectivity index (χ2n) is 4.08. The van der Waals surface area contributed by atoms with Gasteiger partial charge in [-0.15, -0.1) is 0 Å². The molecular formula is C13H13BrN2O2. The molecule has 1 heterocycles. The van der Waals surface area contributed by atoms with E-state index in [0.717, 1.165) is 16.6 Å². The van der Waals surface area contributed by atoms with Gasteiger partial charge in [0.1, 0.15) is 0 Å². The molecule has 5 heteroatoms. The van der Waals surface area contributed by atoms with E-state index in [0.29, 0.717) is 6.54 Å². The van der Waals surface area contributed by atoms with Gasteiger partial charge in [-0.25, -0.2) is 4.79 Å². The van der Waals surface area contributed by atoms with Crippen LogP contribution in [0.2, 0.25) is 0 Å². The molecule has 0 radical (unpaired) electrons. The van der Waals surface area contributed by atoms with Crippen molar-refractivity contribution in [1.82, 2.24) is 9.78 Å². The standard InChI is InChI=1S/C13H13BrN2O2/c1-9-7-12(13(17)18)15-16(9)6-5-10-3-2-4-11(14)8-10/h2-4,7-8H,5-6H2,1H3,(H,17,18). The maximum atomic E-state index is 10.8. The van der Waals surface area contributed by atoms with Gasteiger partial charge in [0, 0.05) is 16.7 Å². The van der Waals surface area contributed by atoms with E-state index >= 15 is 0 Å². The maximum absolute atomic E-state index is 10.8. The summed E-state index contributed by atoms with van der Waals surface area (Å²) in [5.41, 5.74) is 2.15. The number of carboxylic acid groups (broad SMARTS) is 1. The monoisotopic (exact) mass is 308 g/mol. The fourth-order valence-electron chi connectivity index (χ4n) is 1.77. The summed E-state index contributed by atoms with van der Waals surface area (Å²) in [6.45, 7) is 2.54. The lowest BCUT2D eigenvalue weighted by molar-refractivity contribution is 0.0689. The van der Waals surface area contributed by atoms with Crippen LogP contribution in [0.4, 0.5) is 0 Å². The average Bonchev–Trinajstić information content (AvgIpc) is 2.68. The highest BCUT2D eigenvalue weighted by atomic mass is 79.9. The third-order valence-electron chi connectivity index (χ3n) is 2.70. The van der Waals surface area contributed by atoms with Crippen LogP contribution in [0.15, 0.2) is 34.8 Å². The van der Waals surface area contributed by atoms with Crippen LogP contribution in [0.3, 0.4) is 0 Å². The topological polar surface area (TPSA) is 55.1 Å². The normalized spacial score (nSPS) is 10.6. The molecule has 18 heavy (non-hydrogen) atoms. The van der Waals surface area contributed by atoms with Crippen LogP contribution in [0.5, 0.6) is 0 Å². The number of hydrogen-bond donors (Lipinski definition) is 1. The Bertz CT molecular complexity index is 578. The van der Waals surface area contributed by atoms with Gasteiger partial charge in [-0.05, 0) is 37.1 Å². The first kappa shape index (κ1) is 12.8. The van der Waals surface area contributed by atoms with E-state index in [4.69, 9.17) is 5.11 Å². The lowest BCUT2D eigenvalue weighted by Gasteiger charge is -2.04. The molecule has 1 N–H and O–H groups in total. The fraction of sp³-hybridized carbons (Fsp3) is 0.231. The molecule has 2 aromatic rings.